The van der Waals surface area contributed by atoms with Gasteiger partial charge in [0.15, 0.2) is 0 Å². The smallest absolute Gasteiger partial charge is 0.269 e. The summed E-state index contributed by atoms with van der Waals surface area (Å²) >= 11 is 0. The molecule has 0 saturated carbocycles. The Bertz CT molecular complexity index is 609. The molecule has 0 aliphatic rings. The number of nitro groups is 1. The summed E-state index contributed by atoms with van der Waals surface area (Å²) in [6, 6.07) is 14.3. The molecule has 0 amide bonds. The fourth-order valence-corrected chi connectivity index (χ4v) is 2.02. The van der Waals surface area contributed by atoms with Crippen LogP contribution in [0.3, 0.4) is 0 Å². The first-order valence-electron chi connectivity index (χ1n) is 6.75. The van der Waals surface area contributed by atoms with Gasteiger partial charge in [-0.05, 0) is 36.6 Å². The van der Waals surface area contributed by atoms with Gasteiger partial charge in [-0.2, -0.15) is 0 Å². The quantitative estimate of drug-likeness (QED) is 0.654. The average molecular weight is 286 g/mol. The number of benzene rings is 2. The molecule has 0 aromatic heterocycles. The van der Waals surface area contributed by atoms with Gasteiger partial charge in [-0.3, -0.25) is 10.1 Å². The number of ether oxygens (including phenoxy) is 1. The van der Waals surface area contributed by atoms with E-state index in [2.05, 4.69) is 0 Å². The van der Waals surface area contributed by atoms with Crippen molar-refractivity contribution in [3.05, 3.63) is 69.8 Å². The van der Waals surface area contributed by atoms with E-state index in [9.17, 15) is 10.1 Å². The monoisotopic (exact) mass is 286 g/mol. The van der Waals surface area contributed by atoms with E-state index in [-0.39, 0.29) is 11.7 Å². The minimum absolute atomic E-state index is 0.0726. The maximum atomic E-state index is 10.7. The lowest BCUT2D eigenvalue weighted by Gasteiger charge is -2.08. The maximum Gasteiger partial charge on any atom is 0.269 e. The Morgan fingerprint density at radius 1 is 1.19 bits per heavy atom. The molecular formula is C16H18N2O3. The third-order valence-corrected chi connectivity index (χ3v) is 3.01. The van der Waals surface area contributed by atoms with E-state index >= 15 is 0 Å². The van der Waals surface area contributed by atoms with E-state index in [1.54, 1.807) is 12.1 Å². The van der Waals surface area contributed by atoms with Crippen molar-refractivity contribution >= 4 is 5.69 Å². The Labute approximate surface area is 123 Å². The molecule has 2 aromatic rings. The fourth-order valence-electron chi connectivity index (χ4n) is 2.02. The Morgan fingerprint density at radius 2 is 1.90 bits per heavy atom. The van der Waals surface area contributed by atoms with Crippen molar-refractivity contribution in [2.75, 3.05) is 0 Å². The first-order chi connectivity index (χ1) is 10.0. The van der Waals surface area contributed by atoms with Crippen LogP contribution in [0.15, 0.2) is 48.5 Å². The fraction of sp³-hybridized carbons (Fsp3) is 0.250. The number of rotatable bonds is 6. The molecule has 21 heavy (non-hydrogen) atoms. The highest BCUT2D eigenvalue weighted by atomic mass is 16.6. The van der Waals surface area contributed by atoms with Crippen LogP contribution in [0.2, 0.25) is 0 Å². The normalized spacial score (nSPS) is 11.9. The largest absolute Gasteiger partial charge is 0.489 e. The Balaban J connectivity index is 1.96. The zero-order chi connectivity index (χ0) is 15.2. The molecule has 2 rings (SSSR count). The number of hydrogen-bond acceptors (Lipinski definition) is 4. The molecule has 2 N–H and O–H groups in total. The second kappa shape index (κ2) is 6.85. The van der Waals surface area contributed by atoms with Gasteiger partial charge in [0.1, 0.15) is 12.4 Å². The molecule has 0 bridgehead atoms. The van der Waals surface area contributed by atoms with Crippen LogP contribution in [0.1, 0.15) is 18.1 Å². The Morgan fingerprint density at radius 3 is 2.52 bits per heavy atom. The standard InChI is InChI=1S/C16H18N2O3/c1-12(17)9-13-5-7-16(8-6-13)21-11-14-3-2-4-15(10-14)18(19)20/h2-8,10,12H,9,11,17H2,1H3. The van der Waals surface area contributed by atoms with Gasteiger partial charge in [-0.1, -0.05) is 24.3 Å². The average Bonchev–Trinajstić information content (AvgIpc) is 2.46. The topological polar surface area (TPSA) is 78.4 Å². The molecule has 0 saturated heterocycles. The number of non-ortho nitro benzene ring substituents is 1. The summed E-state index contributed by atoms with van der Waals surface area (Å²) in [7, 11) is 0. The van der Waals surface area contributed by atoms with Crippen molar-refractivity contribution < 1.29 is 9.66 Å². The van der Waals surface area contributed by atoms with Gasteiger partial charge in [0.25, 0.3) is 5.69 Å². The van der Waals surface area contributed by atoms with Crippen LogP contribution in [0, 0.1) is 10.1 Å². The number of nitrogens with two attached hydrogens (primary N) is 1. The lowest BCUT2D eigenvalue weighted by atomic mass is 10.1. The van der Waals surface area contributed by atoms with Crippen LogP contribution in [-0.4, -0.2) is 11.0 Å². The molecule has 0 radical (unpaired) electrons. The van der Waals surface area contributed by atoms with Crippen LogP contribution in [0.25, 0.3) is 0 Å². The summed E-state index contributed by atoms with van der Waals surface area (Å²) in [4.78, 5) is 10.3. The van der Waals surface area contributed by atoms with E-state index in [4.69, 9.17) is 10.5 Å². The van der Waals surface area contributed by atoms with Crippen molar-refractivity contribution in [2.45, 2.75) is 26.0 Å². The molecule has 0 fully saturated rings. The molecule has 0 aliphatic heterocycles. The van der Waals surface area contributed by atoms with E-state index in [1.165, 1.54) is 12.1 Å². The first kappa shape index (κ1) is 15.0. The zero-order valence-corrected chi connectivity index (χ0v) is 11.9. The molecule has 110 valence electrons. The molecule has 2 aromatic carbocycles. The Kier molecular flexibility index (Phi) is 4.90. The van der Waals surface area contributed by atoms with Gasteiger partial charge < -0.3 is 10.5 Å². The molecular weight excluding hydrogens is 268 g/mol. The van der Waals surface area contributed by atoms with Crippen LogP contribution in [-0.2, 0) is 13.0 Å². The zero-order valence-electron chi connectivity index (χ0n) is 11.9. The lowest BCUT2D eigenvalue weighted by molar-refractivity contribution is -0.384. The maximum absolute atomic E-state index is 10.7. The van der Waals surface area contributed by atoms with Crippen molar-refractivity contribution in [3.63, 3.8) is 0 Å². The van der Waals surface area contributed by atoms with Crippen LogP contribution in [0.5, 0.6) is 5.75 Å². The van der Waals surface area contributed by atoms with Gasteiger partial charge in [0.2, 0.25) is 0 Å². The second-order valence-corrected chi connectivity index (χ2v) is 5.04. The summed E-state index contributed by atoms with van der Waals surface area (Å²) in [6.45, 7) is 2.26. The molecule has 0 spiro atoms. The van der Waals surface area contributed by atoms with Crippen molar-refractivity contribution in [1.29, 1.82) is 0 Å². The minimum Gasteiger partial charge on any atom is -0.489 e. The van der Waals surface area contributed by atoms with E-state index < -0.39 is 4.92 Å². The molecule has 0 heterocycles. The van der Waals surface area contributed by atoms with Crippen LogP contribution < -0.4 is 10.5 Å². The van der Waals surface area contributed by atoms with E-state index in [0.717, 1.165) is 23.3 Å². The highest BCUT2D eigenvalue weighted by Gasteiger charge is 2.06. The highest BCUT2D eigenvalue weighted by Crippen LogP contribution is 2.17. The van der Waals surface area contributed by atoms with Gasteiger partial charge >= 0.3 is 0 Å². The first-order valence-corrected chi connectivity index (χ1v) is 6.75. The van der Waals surface area contributed by atoms with Gasteiger partial charge in [-0.15, -0.1) is 0 Å². The molecule has 1 atom stereocenters. The highest BCUT2D eigenvalue weighted by molar-refractivity contribution is 5.34. The summed E-state index contributed by atoms with van der Waals surface area (Å²) < 4.78 is 5.63. The van der Waals surface area contributed by atoms with E-state index in [1.807, 2.05) is 31.2 Å². The SMILES string of the molecule is CC(N)Cc1ccc(OCc2cccc([N+](=O)[O-])c2)cc1. The summed E-state index contributed by atoms with van der Waals surface area (Å²) in [5.41, 5.74) is 7.75. The number of hydrogen-bond donors (Lipinski definition) is 1. The molecule has 5 heteroatoms. The van der Waals surface area contributed by atoms with Gasteiger partial charge in [0, 0.05) is 18.2 Å². The Hall–Kier alpha value is -2.40. The third kappa shape index (κ3) is 4.57. The predicted molar refractivity (Wildman–Crippen MR) is 81.2 cm³/mol. The molecule has 5 nitrogen and oxygen atoms in total. The number of nitrogens with zero attached hydrogens (tertiary/aromatic N) is 1. The lowest BCUT2D eigenvalue weighted by Crippen LogP contribution is -2.17. The summed E-state index contributed by atoms with van der Waals surface area (Å²) in [6.07, 6.45) is 0.825. The number of nitro benzene ring substituents is 1. The molecule has 1 unspecified atom stereocenters. The predicted octanol–water partition coefficient (Wildman–Crippen LogP) is 3.06. The van der Waals surface area contributed by atoms with Gasteiger partial charge in [0.05, 0.1) is 4.92 Å². The van der Waals surface area contributed by atoms with Crippen LogP contribution in [0.4, 0.5) is 5.69 Å². The second-order valence-electron chi connectivity index (χ2n) is 5.04. The van der Waals surface area contributed by atoms with Crippen LogP contribution >= 0.6 is 0 Å². The van der Waals surface area contributed by atoms with Gasteiger partial charge in [-0.25, -0.2) is 0 Å². The van der Waals surface area contributed by atoms with E-state index in [0.29, 0.717) is 6.61 Å². The third-order valence-electron chi connectivity index (χ3n) is 3.01. The van der Waals surface area contributed by atoms with Crippen molar-refractivity contribution in [1.82, 2.24) is 0 Å². The van der Waals surface area contributed by atoms with Crippen molar-refractivity contribution in [2.24, 2.45) is 5.73 Å². The van der Waals surface area contributed by atoms with Crippen molar-refractivity contribution in [3.8, 4) is 5.75 Å². The summed E-state index contributed by atoms with van der Waals surface area (Å²) in [5.74, 6) is 0.731. The summed E-state index contributed by atoms with van der Waals surface area (Å²) in [5, 5.41) is 10.7. The molecule has 0 aliphatic carbocycles. The minimum atomic E-state index is -0.410.